The molecule has 0 radical (unpaired) electrons. The van der Waals surface area contributed by atoms with E-state index < -0.39 is 0 Å². The average Bonchev–Trinajstić information content (AvgIpc) is 2.48. The van der Waals surface area contributed by atoms with Gasteiger partial charge in [-0.1, -0.05) is 44.2 Å². The first-order valence-corrected chi connectivity index (χ1v) is 8.72. The molecule has 2 N–H and O–H groups in total. The minimum absolute atomic E-state index is 0.0549. The lowest BCUT2D eigenvalue weighted by atomic mass is 10.1. The van der Waals surface area contributed by atoms with Crippen LogP contribution in [0.5, 0.6) is 0 Å². The molecular formula is C18H27ClN2O2. The summed E-state index contributed by atoms with van der Waals surface area (Å²) in [5.41, 5.74) is 0.975. The van der Waals surface area contributed by atoms with Crippen molar-refractivity contribution in [3.63, 3.8) is 0 Å². The monoisotopic (exact) mass is 338 g/mol. The van der Waals surface area contributed by atoms with Crippen molar-refractivity contribution in [1.29, 1.82) is 0 Å². The van der Waals surface area contributed by atoms with Gasteiger partial charge in [-0.25, -0.2) is 0 Å². The molecule has 0 saturated heterocycles. The summed E-state index contributed by atoms with van der Waals surface area (Å²) in [6.45, 7) is 5.96. The highest BCUT2D eigenvalue weighted by Crippen LogP contribution is 2.23. The largest absolute Gasteiger partial charge is 0.350 e. The van der Waals surface area contributed by atoms with Crippen LogP contribution in [0.4, 0.5) is 5.69 Å². The van der Waals surface area contributed by atoms with E-state index in [2.05, 4.69) is 17.6 Å². The first-order valence-electron chi connectivity index (χ1n) is 8.34. The molecule has 1 rings (SSSR count). The number of benzene rings is 1. The van der Waals surface area contributed by atoms with Gasteiger partial charge in [-0.05, 0) is 38.5 Å². The van der Waals surface area contributed by atoms with Crippen molar-refractivity contribution >= 4 is 29.1 Å². The second kappa shape index (κ2) is 10.3. The van der Waals surface area contributed by atoms with Crippen molar-refractivity contribution in [2.45, 2.75) is 65.3 Å². The molecule has 0 aliphatic heterocycles. The van der Waals surface area contributed by atoms with Gasteiger partial charge in [0.2, 0.25) is 5.91 Å². The summed E-state index contributed by atoms with van der Waals surface area (Å²) in [7, 11) is 0. The summed E-state index contributed by atoms with van der Waals surface area (Å²) in [5, 5.41) is 6.05. The zero-order valence-corrected chi connectivity index (χ0v) is 15.0. The maximum Gasteiger partial charge on any atom is 0.251 e. The minimum Gasteiger partial charge on any atom is -0.350 e. The van der Waals surface area contributed by atoms with Gasteiger partial charge in [0.1, 0.15) is 0 Å². The van der Waals surface area contributed by atoms with Crippen LogP contribution < -0.4 is 10.6 Å². The molecule has 23 heavy (non-hydrogen) atoms. The van der Waals surface area contributed by atoms with Crippen LogP contribution in [-0.2, 0) is 4.79 Å². The van der Waals surface area contributed by atoms with Crippen LogP contribution in [0.2, 0.25) is 5.02 Å². The van der Waals surface area contributed by atoms with Crippen molar-refractivity contribution in [3.8, 4) is 0 Å². The molecule has 4 nitrogen and oxygen atoms in total. The zero-order valence-electron chi connectivity index (χ0n) is 14.2. The fraction of sp³-hybridized carbons (Fsp3) is 0.556. The molecule has 0 heterocycles. The third-order valence-corrected chi connectivity index (χ3v) is 3.76. The molecule has 0 aliphatic rings. The third kappa shape index (κ3) is 7.51. The number of carbonyl (C=O) groups is 2. The van der Waals surface area contributed by atoms with E-state index in [1.165, 1.54) is 12.8 Å². The molecule has 0 aliphatic carbocycles. The van der Waals surface area contributed by atoms with E-state index in [0.717, 1.165) is 19.3 Å². The van der Waals surface area contributed by atoms with Crippen molar-refractivity contribution in [3.05, 3.63) is 28.8 Å². The molecule has 1 aromatic rings. The van der Waals surface area contributed by atoms with Crippen LogP contribution in [0.25, 0.3) is 0 Å². The minimum atomic E-state index is -0.174. The van der Waals surface area contributed by atoms with E-state index in [-0.39, 0.29) is 17.9 Å². The van der Waals surface area contributed by atoms with E-state index in [1.54, 1.807) is 18.2 Å². The van der Waals surface area contributed by atoms with Gasteiger partial charge in [0.15, 0.2) is 0 Å². The number of amides is 2. The van der Waals surface area contributed by atoms with Crippen LogP contribution in [0.1, 0.15) is 69.7 Å². The van der Waals surface area contributed by atoms with E-state index in [1.807, 2.05) is 13.8 Å². The number of hydrogen-bond donors (Lipinski definition) is 2. The molecule has 0 atom stereocenters. The summed E-state index contributed by atoms with van der Waals surface area (Å²) in [6.07, 6.45) is 5.97. The van der Waals surface area contributed by atoms with Crippen molar-refractivity contribution in [2.75, 3.05) is 5.32 Å². The number of rotatable bonds is 9. The number of carbonyl (C=O) groups excluding carboxylic acids is 2. The molecule has 0 bridgehead atoms. The molecule has 128 valence electrons. The number of anilines is 1. The standard InChI is InChI=1S/C18H27ClN2O2/c1-4-5-6-7-8-9-17(22)21-16-12-14(10-11-15(16)19)18(23)20-13(2)3/h10-13H,4-9H2,1-3H3,(H,20,23)(H,21,22). The van der Waals surface area contributed by atoms with Gasteiger partial charge in [-0.15, -0.1) is 0 Å². The van der Waals surface area contributed by atoms with Gasteiger partial charge in [-0.3, -0.25) is 9.59 Å². The molecule has 2 amide bonds. The quantitative estimate of drug-likeness (QED) is 0.637. The fourth-order valence-electron chi connectivity index (χ4n) is 2.21. The summed E-state index contributed by atoms with van der Waals surface area (Å²) >= 11 is 6.11. The molecule has 5 heteroatoms. The highest BCUT2D eigenvalue weighted by atomic mass is 35.5. The lowest BCUT2D eigenvalue weighted by Gasteiger charge is -2.11. The Morgan fingerprint density at radius 1 is 1.13 bits per heavy atom. The zero-order chi connectivity index (χ0) is 17.2. The average molecular weight is 339 g/mol. The van der Waals surface area contributed by atoms with Gasteiger partial charge >= 0.3 is 0 Å². The second-order valence-corrected chi connectivity index (χ2v) is 6.44. The molecule has 0 fully saturated rings. The molecular weight excluding hydrogens is 312 g/mol. The van der Waals surface area contributed by atoms with Gasteiger partial charge in [0.05, 0.1) is 10.7 Å². The Hall–Kier alpha value is -1.55. The Morgan fingerprint density at radius 3 is 2.48 bits per heavy atom. The predicted octanol–water partition coefficient (Wildman–Crippen LogP) is 4.78. The number of nitrogens with one attached hydrogen (secondary N) is 2. The number of halogens is 1. The van der Waals surface area contributed by atoms with E-state index in [9.17, 15) is 9.59 Å². The topological polar surface area (TPSA) is 58.2 Å². The molecule has 0 saturated carbocycles. The molecule has 0 unspecified atom stereocenters. The van der Waals surface area contributed by atoms with Crippen LogP contribution in [0.15, 0.2) is 18.2 Å². The summed E-state index contributed by atoms with van der Waals surface area (Å²) in [5.74, 6) is -0.239. The maximum atomic E-state index is 12.0. The Balaban J connectivity index is 2.58. The second-order valence-electron chi connectivity index (χ2n) is 6.04. The summed E-state index contributed by atoms with van der Waals surface area (Å²) < 4.78 is 0. The highest BCUT2D eigenvalue weighted by Gasteiger charge is 2.11. The summed E-state index contributed by atoms with van der Waals surface area (Å²) in [4.78, 5) is 24.0. The van der Waals surface area contributed by atoms with Gasteiger partial charge in [0.25, 0.3) is 5.91 Å². The Morgan fingerprint density at radius 2 is 1.83 bits per heavy atom. The lowest BCUT2D eigenvalue weighted by Crippen LogP contribution is -2.30. The Kier molecular flexibility index (Phi) is 8.70. The van der Waals surface area contributed by atoms with Crippen LogP contribution in [0, 0.1) is 0 Å². The first kappa shape index (κ1) is 19.5. The Labute approximate surface area is 144 Å². The van der Waals surface area contributed by atoms with Crippen molar-refractivity contribution in [2.24, 2.45) is 0 Å². The van der Waals surface area contributed by atoms with E-state index >= 15 is 0 Å². The van der Waals surface area contributed by atoms with Crippen LogP contribution in [0.3, 0.4) is 0 Å². The molecule has 0 spiro atoms. The maximum absolute atomic E-state index is 12.0. The van der Waals surface area contributed by atoms with Gasteiger partial charge in [-0.2, -0.15) is 0 Å². The Bertz CT molecular complexity index is 530. The SMILES string of the molecule is CCCCCCCC(=O)Nc1cc(C(=O)NC(C)C)ccc1Cl. The van der Waals surface area contributed by atoms with Crippen molar-refractivity contribution < 1.29 is 9.59 Å². The van der Waals surface area contributed by atoms with Crippen molar-refractivity contribution in [1.82, 2.24) is 5.32 Å². The van der Waals surface area contributed by atoms with Crippen LogP contribution in [-0.4, -0.2) is 17.9 Å². The highest BCUT2D eigenvalue weighted by molar-refractivity contribution is 6.33. The first-order chi connectivity index (χ1) is 10.9. The lowest BCUT2D eigenvalue weighted by molar-refractivity contribution is -0.116. The van der Waals surface area contributed by atoms with Gasteiger partial charge in [0, 0.05) is 18.0 Å². The van der Waals surface area contributed by atoms with E-state index in [0.29, 0.717) is 22.7 Å². The predicted molar refractivity (Wildman–Crippen MR) is 96.1 cm³/mol. The molecule has 0 aromatic heterocycles. The van der Waals surface area contributed by atoms with Gasteiger partial charge < -0.3 is 10.6 Å². The third-order valence-electron chi connectivity index (χ3n) is 3.43. The summed E-state index contributed by atoms with van der Waals surface area (Å²) in [6, 6.07) is 4.96. The smallest absolute Gasteiger partial charge is 0.251 e. The number of hydrogen-bond acceptors (Lipinski definition) is 2. The fourth-order valence-corrected chi connectivity index (χ4v) is 2.37. The number of unbranched alkanes of at least 4 members (excludes halogenated alkanes) is 4. The normalized spacial score (nSPS) is 10.7. The molecule has 1 aromatic carbocycles. The van der Waals surface area contributed by atoms with E-state index in [4.69, 9.17) is 11.6 Å². The van der Waals surface area contributed by atoms with Crippen LogP contribution >= 0.6 is 11.6 Å².